The summed E-state index contributed by atoms with van der Waals surface area (Å²) in [6.07, 6.45) is 0. The number of amides is 1. The molecule has 1 aromatic carbocycles. The van der Waals surface area contributed by atoms with Crippen LogP contribution in [0.3, 0.4) is 0 Å². The van der Waals surface area contributed by atoms with Gasteiger partial charge < -0.3 is 4.74 Å². The quantitative estimate of drug-likeness (QED) is 0.679. The summed E-state index contributed by atoms with van der Waals surface area (Å²) in [5.74, 6) is -2.36. The second-order valence-corrected chi connectivity index (χ2v) is 8.55. The molecular formula is C17H20FN3O5S2. The molecule has 28 heavy (non-hydrogen) atoms. The number of aryl methyl sites for hydroxylation is 1. The second-order valence-electron chi connectivity index (χ2n) is 5.61. The van der Waals surface area contributed by atoms with Crippen LogP contribution in [0.2, 0.25) is 0 Å². The molecular weight excluding hydrogens is 409 g/mol. The summed E-state index contributed by atoms with van der Waals surface area (Å²) >= 11 is 0.876. The lowest BCUT2D eigenvalue weighted by atomic mass is 10.2. The van der Waals surface area contributed by atoms with Gasteiger partial charge in [0.15, 0.2) is 5.13 Å². The number of nitrogens with one attached hydrogen (secondary N) is 1. The fourth-order valence-electron chi connectivity index (χ4n) is 2.45. The fourth-order valence-corrected chi connectivity index (χ4v) is 4.81. The van der Waals surface area contributed by atoms with E-state index in [2.05, 4.69) is 15.0 Å². The summed E-state index contributed by atoms with van der Waals surface area (Å²) in [5, 5.41) is 2.46. The number of benzene rings is 1. The van der Waals surface area contributed by atoms with E-state index in [9.17, 15) is 22.4 Å². The number of carbonyl (C=O) groups excluding carboxylic acids is 2. The Morgan fingerprint density at radius 2 is 1.93 bits per heavy atom. The molecule has 0 fully saturated rings. The number of hydrogen-bond acceptors (Lipinski definition) is 7. The first-order chi connectivity index (χ1) is 13.1. The lowest BCUT2D eigenvalue weighted by molar-refractivity contribution is 0.0605. The number of sulfonamides is 1. The molecule has 1 aromatic heterocycles. The molecule has 0 aliphatic rings. The predicted molar refractivity (Wildman–Crippen MR) is 103 cm³/mol. The van der Waals surface area contributed by atoms with Gasteiger partial charge in [0, 0.05) is 13.1 Å². The second kappa shape index (κ2) is 8.76. The summed E-state index contributed by atoms with van der Waals surface area (Å²) in [5.41, 5.74) is -0.0915. The third-order valence-electron chi connectivity index (χ3n) is 3.91. The van der Waals surface area contributed by atoms with Crippen LogP contribution in [0.4, 0.5) is 9.52 Å². The van der Waals surface area contributed by atoms with E-state index in [4.69, 9.17) is 0 Å². The molecule has 0 unspecified atom stereocenters. The minimum atomic E-state index is -3.85. The molecule has 11 heteroatoms. The van der Waals surface area contributed by atoms with Crippen LogP contribution in [0, 0.1) is 12.7 Å². The molecule has 0 atom stereocenters. The number of halogens is 1. The zero-order chi connectivity index (χ0) is 21.1. The van der Waals surface area contributed by atoms with Crippen LogP contribution in [-0.4, -0.2) is 49.8 Å². The van der Waals surface area contributed by atoms with Crippen molar-refractivity contribution in [1.29, 1.82) is 0 Å². The van der Waals surface area contributed by atoms with Crippen molar-refractivity contribution in [2.45, 2.75) is 25.7 Å². The van der Waals surface area contributed by atoms with Gasteiger partial charge in [0.1, 0.15) is 10.7 Å². The number of nitrogens with zero attached hydrogens (tertiary/aromatic N) is 2. The molecule has 0 aliphatic heterocycles. The number of anilines is 1. The van der Waals surface area contributed by atoms with Crippen molar-refractivity contribution in [2.75, 3.05) is 25.5 Å². The van der Waals surface area contributed by atoms with Crippen molar-refractivity contribution in [3.63, 3.8) is 0 Å². The van der Waals surface area contributed by atoms with Gasteiger partial charge in [-0.1, -0.05) is 25.2 Å². The Morgan fingerprint density at radius 3 is 2.50 bits per heavy atom. The van der Waals surface area contributed by atoms with E-state index in [-0.39, 0.29) is 28.0 Å². The van der Waals surface area contributed by atoms with Crippen molar-refractivity contribution in [2.24, 2.45) is 0 Å². The van der Waals surface area contributed by atoms with Crippen LogP contribution in [0.5, 0.6) is 0 Å². The van der Waals surface area contributed by atoms with Crippen molar-refractivity contribution >= 4 is 38.4 Å². The maximum Gasteiger partial charge on any atom is 0.350 e. The summed E-state index contributed by atoms with van der Waals surface area (Å²) in [6.45, 7) is 5.42. The highest BCUT2D eigenvalue weighted by Crippen LogP contribution is 2.25. The monoisotopic (exact) mass is 429 g/mol. The van der Waals surface area contributed by atoms with Gasteiger partial charge in [0.2, 0.25) is 10.0 Å². The highest BCUT2D eigenvalue weighted by Gasteiger charge is 2.25. The lowest BCUT2D eigenvalue weighted by Gasteiger charge is -2.18. The average Bonchev–Trinajstić information content (AvgIpc) is 3.02. The number of aromatic nitrogens is 1. The fraction of sp³-hybridized carbons (Fsp3) is 0.353. The Bertz CT molecular complexity index is 1000. The maximum absolute atomic E-state index is 14.2. The van der Waals surface area contributed by atoms with E-state index >= 15 is 0 Å². The number of rotatable bonds is 7. The molecule has 0 saturated heterocycles. The molecule has 2 rings (SSSR count). The molecule has 8 nitrogen and oxygen atoms in total. The van der Waals surface area contributed by atoms with Crippen molar-refractivity contribution < 1.29 is 27.1 Å². The normalized spacial score (nSPS) is 11.5. The first-order valence-electron chi connectivity index (χ1n) is 8.32. The van der Waals surface area contributed by atoms with Crippen LogP contribution >= 0.6 is 11.3 Å². The van der Waals surface area contributed by atoms with Crippen LogP contribution < -0.4 is 5.32 Å². The van der Waals surface area contributed by atoms with E-state index in [1.807, 2.05) is 0 Å². The molecule has 0 bridgehead atoms. The van der Waals surface area contributed by atoms with Crippen LogP contribution in [0.1, 0.15) is 39.6 Å². The zero-order valence-corrected chi connectivity index (χ0v) is 17.4. The highest BCUT2D eigenvalue weighted by molar-refractivity contribution is 7.89. The molecule has 0 aliphatic carbocycles. The lowest BCUT2D eigenvalue weighted by Crippen LogP contribution is -2.31. The van der Waals surface area contributed by atoms with E-state index in [0.29, 0.717) is 5.69 Å². The van der Waals surface area contributed by atoms with Crippen molar-refractivity contribution in [3.8, 4) is 0 Å². The number of thiazole rings is 1. The van der Waals surface area contributed by atoms with Crippen molar-refractivity contribution in [1.82, 2.24) is 9.29 Å². The molecule has 0 saturated carbocycles. The Kier molecular flexibility index (Phi) is 6.86. The van der Waals surface area contributed by atoms with Gasteiger partial charge in [-0.15, -0.1) is 0 Å². The van der Waals surface area contributed by atoms with Gasteiger partial charge >= 0.3 is 5.97 Å². The topological polar surface area (TPSA) is 106 Å². The summed E-state index contributed by atoms with van der Waals surface area (Å²) < 4.78 is 45.2. The summed E-state index contributed by atoms with van der Waals surface area (Å²) in [7, 11) is -2.63. The van der Waals surface area contributed by atoms with Gasteiger partial charge in [-0.25, -0.2) is 22.6 Å². The minimum absolute atomic E-state index is 0.0688. The molecule has 0 spiro atoms. The summed E-state index contributed by atoms with van der Waals surface area (Å²) in [4.78, 5) is 28.2. The maximum atomic E-state index is 14.2. The average molecular weight is 429 g/mol. The van der Waals surface area contributed by atoms with E-state index < -0.39 is 33.3 Å². The van der Waals surface area contributed by atoms with E-state index in [1.54, 1.807) is 20.8 Å². The Labute approximate surface area is 166 Å². The third kappa shape index (κ3) is 4.37. The minimum Gasteiger partial charge on any atom is -0.465 e. The van der Waals surface area contributed by atoms with Gasteiger partial charge in [-0.05, 0) is 25.1 Å². The Balaban J connectivity index is 2.35. The first-order valence-corrected chi connectivity index (χ1v) is 10.6. The molecule has 1 amide bonds. The van der Waals surface area contributed by atoms with Crippen LogP contribution in [-0.2, 0) is 14.8 Å². The van der Waals surface area contributed by atoms with Crippen LogP contribution in [0.15, 0.2) is 23.1 Å². The van der Waals surface area contributed by atoms with Crippen LogP contribution in [0.25, 0.3) is 0 Å². The van der Waals surface area contributed by atoms with E-state index in [1.165, 1.54) is 11.4 Å². The smallest absolute Gasteiger partial charge is 0.350 e. The Morgan fingerprint density at radius 1 is 1.29 bits per heavy atom. The zero-order valence-electron chi connectivity index (χ0n) is 15.8. The molecule has 152 valence electrons. The molecule has 1 heterocycles. The third-order valence-corrected chi connectivity index (χ3v) is 7.01. The number of methoxy groups -OCH3 is 1. The number of esters is 1. The van der Waals surface area contributed by atoms with Crippen molar-refractivity contribution in [3.05, 3.63) is 40.2 Å². The summed E-state index contributed by atoms with van der Waals surface area (Å²) in [6, 6.07) is 3.03. The Hall–Kier alpha value is -2.37. The predicted octanol–water partition coefficient (Wildman–Crippen LogP) is 2.66. The largest absolute Gasteiger partial charge is 0.465 e. The number of carbonyl (C=O) groups is 2. The standard InChI is InChI=1S/C17H20FN3O5S2/c1-5-21(6-2)28(24,25)11-7-8-13(18)12(9-11)15(22)20-17-19-10(3)14(27-17)16(23)26-4/h7-9H,5-6H2,1-4H3,(H,19,20,22). The van der Waals surface area contributed by atoms with Gasteiger partial charge in [0.25, 0.3) is 5.91 Å². The molecule has 1 N–H and O–H groups in total. The first kappa shape index (κ1) is 21.9. The van der Waals surface area contributed by atoms with Gasteiger partial charge in [0.05, 0.1) is 23.3 Å². The van der Waals surface area contributed by atoms with E-state index in [0.717, 1.165) is 29.5 Å². The number of ether oxygens (including phenoxy) is 1. The SMILES string of the molecule is CCN(CC)S(=O)(=O)c1ccc(F)c(C(=O)Nc2nc(C)c(C(=O)OC)s2)c1. The van der Waals surface area contributed by atoms with Gasteiger partial charge in [-0.2, -0.15) is 4.31 Å². The highest BCUT2D eigenvalue weighted by atomic mass is 32.2. The molecule has 0 radical (unpaired) electrons. The number of hydrogen-bond donors (Lipinski definition) is 1. The van der Waals surface area contributed by atoms with Gasteiger partial charge in [-0.3, -0.25) is 10.1 Å². The molecule has 2 aromatic rings.